The molecule has 1 atom stereocenters. The molecule has 1 aliphatic heterocycles. The van der Waals surface area contributed by atoms with Crippen molar-refractivity contribution >= 4 is 0 Å². The maximum atomic E-state index is 6.01. The van der Waals surface area contributed by atoms with Crippen molar-refractivity contribution in [2.75, 3.05) is 20.2 Å². The van der Waals surface area contributed by atoms with Crippen LogP contribution in [0.3, 0.4) is 0 Å². The molecule has 0 saturated carbocycles. The Kier molecular flexibility index (Phi) is 5.28. The van der Waals surface area contributed by atoms with Gasteiger partial charge in [0.05, 0.1) is 7.11 Å². The monoisotopic (exact) mass is 290 g/mol. The van der Waals surface area contributed by atoms with Gasteiger partial charge < -0.3 is 10.5 Å². The van der Waals surface area contributed by atoms with Gasteiger partial charge in [-0.2, -0.15) is 0 Å². The second kappa shape index (κ2) is 6.80. The van der Waals surface area contributed by atoms with E-state index in [1.54, 1.807) is 7.11 Å². The van der Waals surface area contributed by atoms with Crippen LogP contribution in [-0.4, -0.2) is 25.1 Å². The molecule has 0 amide bonds. The van der Waals surface area contributed by atoms with Crippen LogP contribution in [0.4, 0.5) is 0 Å². The van der Waals surface area contributed by atoms with E-state index in [-0.39, 0.29) is 6.04 Å². The number of rotatable bonds is 4. The van der Waals surface area contributed by atoms with Gasteiger partial charge in [0.2, 0.25) is 0 Å². The lowest BCUT2D eigenvalue weighted by Crippen LogP contribution is -2.25. The highest BCUT2D eigenvalue weighted by Gasteiger charge is 2.23. The first-order chi connectivity index (χ1) is 9.91. The average Bonchev–Trinajstić information content (AvgIpc) is 2.60. The van der Waals surface area contributed by atoms with Gasteiger partial charge in [0.1, 0.15) is 5.75 Å². The van der Waals surface area contributed by atoms with Crippen LogP contribution < -0.4 is 10.5 Å². The fraction of sp³-hybridized carbons (Fsp3) is 0.667. The summed E-state index contributed by atoms with van der Waals surface area (Å²) in [5, 5.41) is 0. The third-order valence-electron chi connectivity index (χ3n) is 4.66. The molecule has 1 unspecified atom stereocenters. The van der Waals surface area contributed by atoms with E-state index in [1.165, 1.54) is 43.5 Å². The number of ether oxygens (including phenoxy) is 1. The summed E-state index contributed by atoms with van der Waals surface area (Å²) in [6, 6.07) is 6.39. The molecule has 2 rings (SSSR count). The minimum absolute atomic E-state index is 0.0673. The fourth-order valence-corrected chi connectivity index (χ4v) is 3.08. The Morgan fingerprint density at radius 1 is 1.29 bits per heavy atom. The summed E-state index contributed by atoms with van der Waals surface area (Å²) < 4.78 is 5.53. The summed E-state index contributed by atoms with van der Waals surface area (Å²) in [6.07, 6.45) is 3.87. The second-order valence-electron chi connectivity index (χ2n) is 7.15. The third kappa shape index (κ3) is 4.45. The van der Waals surface area contributed by atoms with Crippen LogP contribution in [0.15, 0.2) is 18.2 Å². The quantitative estimate of drug-likeness (QED) is 0.918. The molecule has 118 valence electrons. The van der Waals surface area contributed by atoms with Gasteiger partial charge in [-0.25, -0.2) is 0 Å². The van der Waals surface area contributed by atoms with E-state index >= 15 is 0 Å². The van der Waals surface area contributed by atoms with Crippen LogP contribution in [0.5, 0.6) is 5.75 Å². The topological polar surface area (TPSA) is 38.5 Å². The minimum Gasteiger partial charge on any atom is -0.496 e. The largest absolute Gasteiger partial charge is 0.496 e. The first-order valence-corrected chi connectivity index (χ1v) is 8.06. The van der Waals surface area contributed by atoms with Gasteiger partial charge >= 0.3 is 0 Å². The normalized spacial score (nSPS) is 20.8. The fourth-order valence-electron chi connectivity index (χ4n) is 3.08. The van der Waals surface area contributed by atoms with Gasteiger partial charge in [-0.15, -0.1) is 0 Å². The standard InChI is InChI=1S/C18H30N2O/c1-14(19)15-6-7-17(21-4)16(12-15)13-20-10-5-8-18(2,3)9-11-20/h6-7,12,14H,5,8-11,13,19H2,1-4H3. The molecule has 2 N–H and O–H groups in total. The smallest absolute Gasteiger partial charge is 0.123 e. The van der Waals surface area contributed by atoms with Gasteiger partial charge in [0.15, 0.2) is 0 Å². The van der Waals surface area contributed by atoms with Crippen molar-refractivity contribution in [2.45, 2.75) is 52.6 Å². The highest BCUT2D eigenvalue weighted by molar-refractivity contribution is 5.38. The molecule has 0 radical (unpaired) electrons. The van der Waals surface area contributed by atoms with Crippen LogP contribution in [-0.2, 0) is 6.54 Å². The first-order valence-electron chi connectivity index (χ1n) is 8.06. The molecular weight excluding hydrogens is 260 g/mol. The molecule has 1 saturated heterocycles. The number of nitrogens with two attached hydrogens (primary N) is 1. The van der Waals surface area contributed by atoms with Crippen molar-refractivity contribution < 1.29 is 4.74 Å². The minimum atomic E-state index is 0.0673. The molecule has 1 fully saturated rings. The first kappa shape index (κ1) is 16.3. The molecule has 1 aliphatic rings. The van der Waals surface area contributed by atoms with Gasteiger partial charge in [-0.3, -0.25) is 4.90 Å². The zero-order valence-electron chi connectivity index (χ0n) is 14.0. The van der Waals surface area contributed by atoms with E-state index in [1.807, 2.05) is 6.92 Å². The number of nitrogens with zero attached hydrogens (tertiary/aromatic N) is 1. The van der Waals surface area contributed by atoms with Crippen molar-refractivity contribution in [2.24, 2.45) is 11.1 Å². The summed E-state index contributed by atoms with van der Waals surface area (Å²) in [5.41, 5.74) is 8.93. The molecule has 3 heteroatoms. The van der Waals surface area contributed by atoms with Crippen LogP contribution in [0.25, 0.3) is 0 Å². The van der Waals surface area contributed by atoms with Crippen molar-refractivity contribution in [1.29, 1.82) is 0 Å². The molecule has 0 aromatic heterocycles. The Bertz CT molecular complexity index is 468. The van der Waals surface area contributed by atoms with E-state index in [4.69, 9.17) is 10.5 Å². The number of benzene rings is 1. The maximum absolute atomic E-state index is 6.01. The Labute approximate surface area is 129 Å². The highest BCUT2D eigenvalue weighted by Crippen LogP contribution is 2.31. The maximum Gasteiger partial charge on any atom is 0.123 e. The van der Waals surface area contributed by atoms with E-state index < -0.39 is 0 Å². The Balaban J connectivity index is 2.12. The van der Waals surface area contributed by atoms with E-state index in [9.17, 15) is 0 Å². The van der Waals surface area contributed by atoms with E-state index in [0.29, 0.717) is 5.41 Å². The third-order valence-corrected chi connectivity index (χ3v) is 4.66. The van der Waals surface area contributed by atoms with Gasteiger partial charge in [0.25, 0.3) is 0 Å². The van der Waals surface area contributed by atoms with Gasteiger partial charge in [-0.1, -0.05) is 19.9 Å². The van der Waals surface area contributed by atoms with Crippen molar-refractivity contribution in [3.8, 4) is 5.75 Å². The number of methoxy groups -OCH3 is 1. The summed E-state index contributed by atoms with van der Waals surface area (Å²) in [7, 11) is 1.75. The average molecular weight is 290 g/mol. The molecule has 0 bridgehead atoms. The van der Waals surface area contributed by atoms with Gasteiger partial charge in [0, 0.05) is 18.2 Å². The van der Waals surface area contributed by atoms with Crippen LogP contribution in [0.2, 0.25) is 0 Å². The lowest BCUT2D eigenvalue weighted by Gasteiger charge is -2.24. The molecule has 0 aliphatic carbocycles. The molecule has 1 aromatic rings. The van der Waals surface area contributed by atoms with Crippen LogP contribution >= 0.6 is 0 Å². The van der Waals surface area contributed by atoms with Crippen LogP contribution in [0, 0.1) is 5.41 Å². The van der Waals surface area contributed by atoms with E-state index in [2.05, 4.69) is 36.9 Å². The Morgan fingerprint density at radius 3 is 2.71 bits per heavy atom. The van der Waals surface area contributed by atoms with Crippen LogP contribution in [0.1, 0.15) is 57.2 Å². The lowest BCUT2D eigenvalue weighted by atomic mass is 9.85. The summed E-state index contributed by atoms with van der Waals surface area (Å²) in [5.74, 6) is 0.975. The summed E-state index contributed by atoms with van der Waals surface area (Å²) >= 11 is 0. The van der Waals surface area contributed by atoms with Gasteiger partial charge in [-0.05, 0) is 62.4 Å². The Hall–Kier alpha value is -1.06. The summed E-state index contributed by atoms with van der Waals surface area (Å²) in [6.45, 7) is 10.1. The summed E-state index contributed by atoms with van der Waals surface area (Å²) in [4.78, 5) is 2.55. The number of likely N-dealkylation sites (tertiary alicyclic amines) is 1. The molecular formula is C18H30N2O. The molecule has 0 spiro atoms. The molecule has 3 nitrogen and oxygen atoms in total. The van der Waals surface area contributed by atoms with E-state index in [0.717, 1.165) is 12.3 Å². The lowest BCUT2D eigenvalue weighted by molar-refractivity contribution is 0.252. The zero-order chi connectivity index (χ0) is 15.5. The molecule has 21 heavy (non-hydrogen) atoms. The highest BCUT2D eigenvalue weighted by atomic mass is 16.5. The second-order valence-corrected chi connectivity index (χ2v) is 7.15. The predicted molar refractivity (Wildman–Crippen MR) is 88.5 cm³/mol. The van der Waals surface area contributed by atoms with Crippen molar-refractivity contribution in [3.05, 3.63) is 29.3 Å². The Morgan fingerprint density at radius 2 is 2.05 bits per heavy atom. The predicted octanol–water partition coefficient (Wildman–Crippen LogP) is 3.73. The van der Waals surface area contributed by atoms with Crippen molar-refractivity contribution in [3.63, 3.8) is 0 Å². The SMILES string of the molecule is COc1ccc(C(C)N)cc1CN1CCCC(C)(C)CC1. The number of hydrogen-bond donors (Lipinski definition) is 1. The molecule has 1 heterocycles. The van der Waals surface area contributed by atoms with Crippen molar-refractivity contribution in [1.82, 2.24) is 4.90 Å². The number of hydrogen-bond acceptors (Lipinski definition) is 3. The zero-order valence-corrected chi connectivity index (χ0v) is 14.0. The molecule has 1 aromatic carbocycles.